The van der Waals surface area contributed by atoms with E-state index >= 15 is 0 Å². The summed E-state index contributed by atoms with van der Waals surface area (Å²) in [6.45, 7) is 4.48. The fraction of sp³-hybridized carbons (Fsp3) is 0.500. The van der Waals surface area contributed by atoms with Crippen molar-refractivity contribution in [1.82, 2.24) is 9.80 Å². The lowest BCUT2D eigenvalue weighted by atomic mass is 10.2. The average molecular weight is 305 g/mol. The molecule has 1 amide bonds. The lowest BCUT2D eigenvalue weighted by molar-refractivity contribution is -0.143. The topological polar surface area (TPSA) is 61.9 Å². The van der Waals surface area contributed by atoms with E-state index in [1.54, 1.807) is 0 Å². The molecule has 0 aliphatic carbocycles. The molecule has 1 fully saturated rings. The van der Waals surface area contributed by atoms with E-state index in [1.165, 1.54) is 6.92 Å². The van der Waals surface area contributed by atoms with E-state index in [1.807, 2.05) is 37.4 Å². The lowest BCUT2D eigenvalue weighted by Gasteiger charge is -2.39. The molecule has 0 bridgehead atoms. The highest BCUT2D eigenvalue weighted by Crippen LogP contribution is 2.10. The Morgan fingerprint density at radius 3 is 2.68 bits per heavy atom. The van der Waals surface area contributed by atoms with Crippen LogP contribution in [0.3, 0.4) is 0 Å². The Hall–Kier alpha value is -1.92. The molecule has 1 unspecified atom stereocenters. The SMILES string of the molecule is CC(=O)OCC1CN(C)CCN1CC(=O)Nc1ccccc1. The number of esters is 1. The van der Waals surface area contributed by atoms with E-state index in [0.29, 0.717) is 13.2 Å². The Morgan fingerprint density at radius 2 is 2.00 bits per heavy atom. The maximum absolute atomic E-state index is 12.2. The second kappa shape index (κ2) is 7.91. The summed E-state index contributed by atoms with van der Waals surface area (Å²) in [4.78, 5) is 27.4. The van der Waals surface area contributed by atoms with Gasteiger partial charge in [-0.25, -0.2) is 0 Å². The highest BCUT2D eigenvalue weighted by atomic mass is 16.5. The van der Waals surface area contributed by atoms with E-state index in [2.05, 4.69) is 15.1 Å². The van der Waals surface area contributed by atoms with Crippen molar-refractivity contribution in [3.8, 4) is 0 Å². The molecule has 1 saturated heterocycles. The van der Waals surface area contributed by atoms with Gasteiger partial charge in [0.2, 0.25) is 5.91 Å². The van der Waals surface area contributed by atoms with Crippen LogP contribution in [0.2, 0.25) is 0 Å². The molecule has 120 valence electrons. The van der Waals surface area contributed by atoms with Crippen LogP contribution in [-0.4, -0.2) is 67.6 Å². The predicted octanol–water partition coefficient (Wildman–Crippen LogP) is 0.804. The van der Waals surface area contributed by atoms with Gasteiger partial charge >= 0.3 is 5.97 Å². The Bertz CT molecular complexity index is 507. The number of hydrogen-bond acceptors (Lipinski definition) is 5. The van der Waals surface area contributed by atoms with Crippen LogP contribution < -0.4 is 5.32 Å². The number of carbonyl (C=O) groups excluding carboxylic acids is 2. The molecule has 0 spiro atoms. The second-order valence-corrected chi connectivity index (χ2v) is 5.60. The van der Waals surface area contributed by atoms with Gasteiger partial charge in [0, 0.05) is 32.2 Å². The minimum atomic E-state index is -0.290. The van der Waals surface area contributed by atoms with Gasteiger partial charge < -0.3 is 15.0 Å². The zero-order valence-electron chi connectivity index (χ0n) is 13.1. The molecule has 1 aliphatic rings. The summed E-state index contributed by atoms with van der Waals surface area (Å²) in [6.07, 6.45) is 0. The zero-order chi connectivity index (χ0) is 15.9. The van der Waals surface area contributed by atoms with Gasteiger partial charge in [0.15, 0.2) is 0 Å². The fourth-order valence-corrected chi connectivity index (χ4v) is 2.53. The smallest absolute Gasteiger partial charge is 0.302 e. The number of nitrogens with zero attached hydrogens (tertiary/aromatic N) is 2. The number of likely N-dealkylation sites (N-methyl/N-ethyl adjacent to an activating group) is 1. The van der Waals surface area contributed by atoms with Crippen molar-refractivity contribution in [2.24, 2.45) is 0 Å². The van der Waals surface area contributed by atoms with Gasteiger partial charge in [-0.15, -0.1) is 0 Å². The summed E-state index contributed by atoms with van der Waals surface area (Å²) in [5.74, 6) is -0.342. The van der Waals surface area contributed by atoms with Gasteiger partial charge in [0.05, 0.1) is 12.6 Å². The highest BCUT2D eigenvalue weighted by molar-refractivity contribution is 5.92. The van der Waals surface area contributed by atoms with Gasteiger partial charge in [-0.1, -0.05) is 18.2 Å². The van der Waals surface area contributed by atoms with Crippen molar-refractivity contribution in [2.75, 3.05) is 45.2 Å². The summed E-state index contributed by atoms with van der Waals surface area (Å²) < 4.78 is 5.12. The first-order valence-electron chi connectivity index (χ1n) is 7.45. The molecule has 6 nitrogen and oxygen atoms in total. The van der Waals surface area contributed by atoms with Gasteiger partial charge in [0.1, 0.15) is 6.61 Å². The largest absolute Gasteiger partial charge is 0.464 e. The van der Waals surface area contributed by atoms with Crippen LogP contribution in [0, 0.1) is 0 Å². The van der Waals surface area contributed by atoms with Crippen LogP contribution in [0.1, 0.15) is 6.92 Å². The summed E-state index contributed by atoms with van der Waals surface area (Å²) in [7, 11) is 2.03. The van der Waals surface area contributed by atoms with Crippen LogP contribution in [0.5, 0.6) is 0 Å². The number of benzene rings is 1. The van der Waals surface area contributed by atoms with E-state index in [9.17, 15) is 9.59 Å². The zero-order valence-corrected chi connectivity index (χ0v) is 13.1. The molecule has 0 radical (unpaired) electrons. The number of anilines is 1. The normalized spacial score (nSPS) is 19.6. The van der Waals surface area contributed by atoms with Crippen LogP contribution in [0.4, 0.5) is 5.69 Å². The number of rotatable bonds is 5. The van der Waals surface area contributed by atoms with Crippen LogP contribution in [0.15, 0.2) is 30.3 Å². The Morgan fingerprint density at radius 1 is 1.27 bits per heavy atom. The number of amides is 1. The minimum Gasteiger partial charge on any atom is -0.464 e. The van der Waals surface area contributed by atoms with Gasteiger partial charge in [-0.05, 0) is 19.2 Å². The van der Waals surface area contributed by atoms with Gasteiger partial charge in [0.25, 0.3) is 0 Å². The van der Waals surface area contributed by atoms with E-state index in [4.69, 9.17) is 4.74 Å². The summed E-state index contributed by atoms with van der Waals surface area (Å²) in [6, 6.07) is 9.44. The number of carbonyl (C=O) groups is 2. The summed E-state index contributed by atoms with van der Waals surface area (Å²) >= 11 is 0. The van der Waals surface area contributed by atoms with E-state index in [-0.39, 0.29) is 17.9 Å². The molecule has 6 heteroatoms. The van der Waals surface area contributed by atoms with Crippen molar-refractivity contribution < 1.29 is 14.3 Å². The van der Waals surface area contributed by atoms with Crippen molar-refractivity contribution >= 4 is 17.6 Å². The molecular formula is C16H23N3O3. The molecular weight excluding hydrogens is 282 g/mol. The fourth-order valence-electron chi connectivity index (χ4n) is 2.53. The summed E-state index contributed by atoms with van der Waals surface area (Å²) in [5, 5.41) is 2.88. The molecule has 1 aliphatic heterocycles. The van der Waals surface area contributed by atoms with E-state index < -0.39 is 0 Å². The molecule has 1 heterocycles. The lowest BCUT2D eigenvalue weighted by Crippen LogP contribution is -2.55. The number of piperazine rings is 1. The molecule has 1 aromatic rings. The van der Waals surface area contributed by atoms with Crippen LogP contribution in [0.25, 0.3) is 0 Å². The van der Waals surface area contributed by atoms with Gasteiger partial charge in [-0.2, -0.15) is 0 Å². The van der Waals surface area contributed by atoms with Crippen molar-refractivity contribution in [3.05, 3.63) is 30.3 Å². The number of hydrogen-bond donors (Lipinski definition) is 1. The quantitative estimate of drug-likeness (QED) is 0.816. The number of ether oxygens (including phenoxy) is 1. The first-order valence-corrected chi connectivity index (χ1v) is 7.45. The number of para-hydroxylation sites is 1. The monoisotopic (exact) mass is 305 g/mol. The third-order valence-electron chi connectivity index (χ3n) is 3.69. The first-order chi connectivity index (χ1) is 10.5. The van der Waals surface area contributed by atoms with Crippen molar-refractivity contribution in [1.29, 1.82) is 0 Å². The Kier molecular flexibility index (Phi) is 5.91. The molecule has 1 aromatic carbocycles. The summed E-state index contributed by atoms with van der Waals surface area (Å²) in [5.41, 5.74) is 0.790. The third kappa shape index (κ3) is 5.13. The molecule has 2 rings (SSSR count). The second-order valence-electron chi connectivity index (χ2n) is 5.60. The van der Waals surface area contributed by atoms with Crippen molar-refractivity contribution in [2.45, 2.75) is 13.0 Å². The minimum absolute atomic E-state index is 0.0455. The standard InChI is InChI=1S/C16H23N3O3/c1-13(20)22-12-15-10-18(2)8-9-19(15)11-16(21)17-14-6-4-3-5-7-14/h3-7,15H,8-12H2,1-2H3,(H,17,21). The molecule has 0 aromatic heterocycles. The first kappa shape index (κ1) is 16.5. The average Bonchev–Trinajstić information content (AvgIpc) is 2.48. The molecule has 0 saturated carbocycles. The Balaban J connectivity index is 1.90. The van der Waals surface area contributed by atoms with Crippen LogP contribution >= 0.6 is 0 Å². The van der Waals surface area contributed by atoms with E-state index in [0.717, 1.165) is 25.3 Å². The Labute approximate surface area is 131 Å². The van der Waals surface area contributed by atoms with Crippen LogP contribution in [-0.2, 0) is 14.3 Å². The van der Waals surface area contributed by atoms with Crippen molar-refractivity contribution in [3.63, 3.8) is 0 Å². The highest BCUT2D eigenvalue weighted by Gasteiger charge is 2.27. The maximum Gasteiger partial charge on any atom is 0.302 e. The third-order valence-corrected chi connectivity index (χ3v) is 3.69. The number of nitrogens with one attached hydrogen (secondary N) is 1. The predicted molar refractivity (Wildman–Crippen MR) is 84.6 cm³/mol. The molecule has 22 heavy (non-hydrogen) atoms. The van der Waals surface area contributed by atoms with Gasteiger partial charge in [-0.3, -0.25) is 14.5 Å². The maximum atomic E-state index is 12.2. The molecule has 1 N–H and O–H groups in total. The molecule has 1 atom stereocenters.